The molecule has 0 amide bonds. The lowest BCUT2D eigenvalue weighted by Gasteiger charge is -2.05. The molecule has 2 aromatic rings. The monoisotopic (exact) mass is 246 g/mol. The molecule has 0 aliphatic rings. The molecule has 2 rings (SSSR count). The average Bonchev–Trinajstić information content (AvgIpc) is 2.38. The van der Waals surface area contributed by atoms with Gasteiger partial charge in [0.15, 0.2) is 0 Å². The third-order valence-electron chi connectivity index (χ3n) is 3.08. The highest BCUT2D eigenvalue weighted by atomic mass is 19.1. The van der Waals surface area contributed by atoms with Gasteiger partial charge in [-0.2, -0.15) is 0 Å². The maximum atomic E-state index is 13.3. The largest absolute Gasteiger partial charge is 0.207 e. The van der Waals surface area contributed by atoms with E-state index in [4.69, 9.17) is 0 Å². The first-order chi connectivity index (χ1) is 8.69. The van der Waals surface area contributed by atoms with Gasteiger partial charge >= 0.3 is 0 Å². The minimum absolute atomic E-state index is 0.146. The Bertz CT molecular complexity index is 532. The molecule has 0 saturated heterocycles. The van der Waals surface area contributed by atoms with E-state index in [1.165, 1.54) is 12.1 Å². The normalized spacial score (nSPS) is 10.6. The summed E-state index contributed by atoms with van der Waals surface area (Å²) in [6, 6.07) is 11.8. The van der Waals surface area contributed by atoms with Crippen molar-refractivity contribution in [3.8, 4) is 0 Å². The van der Waals surface area contributed by atoms with Gasteiger partial charge in [-0.3, -0.25) is 0 Å². The first kappa shape index (κ1) is 12.7. The minimum Gasteiger partial charge on any atom is -0.207 e. The Hall–Kier alpha value is -1.70. The molecule has 0 aromatic heterocycles. The van der Waals surface area contributed by atoms with Gasteiger partial charge in [0.05, 0.1) is 0 Å². The number of hydrogen-bond acceptors (Lipinski definition) is 0. The van der Waals surface area contributed by atoms with Crippen LogP contribution in [-0.4, -0.2) is 0 Å². The number of rotatable bonds is 4. The van der Waals surface area contributed by atoms with Crippen molar-refractivity contribution in [2.45, 2.75) is 26.2 Å². The molecular formula is C16H16F2. The second-order valence-electron chi connectivity index (χ2n) is 4.41. The summed E-state index contributed by atoms with van der Waals surface area (Å²) in [7, 11) is 0. The molecule has 0 aliphatic heterocycles. The molecule has 18 heavy (non-hydrogen) atoms. The third kappa shape index (κ3) is 3.16. The summed E-state index contributed by atoms with van der Waals surface area (Å²) in [5, 5.41) is 0. The quantitative estimate of drug-likeness (QED) is 0.754. The van der Waals surface area contributed by atoms with Crippen molar-refractivity contribution in [1.82, 2.24) is 0 Å². The standard InChI is InChI=1S/C16H16F2/c1-2-14-10-13(8-9-16(14)18)7-6-12-4-3-5-15(17)11-12/h3-5,8-11H,2,6-7H2,1H3. The molecule has 0 aliphatic carbocycles. The van der Waals surface area contributed by atoms with E-state index >= 15 is 0 Å². The Morgan fingerprint density at radius 3 is 2.28 bits per heavy atom. The van der Waals surface area contributed by atoms with Crippen molar-refractivity contribution in [3.05, 3.63) is 70.8 Å². The van der Waals surface area contributed by atoms with E-state index in [9.17, 15) is 8.78 Å². The van der Waals surface area contributed by atoms with Crippen LogP contribution in [0.2, 0.25) is 0 Å². The highest BCUT2D eigenvalue weighted by Crippen LogP contribution is 2.14. The number of hydrogen-bond donors (Lipinski definition) is 0. The second-order valence-corrected chi connectivity index (χ2v) is 4.41. The van der Waals surface area contributed by atoms with Crippen LogP contribution < -0.4 is 0 Å². The van der Waals surface area contributed by atoms with Gasteiger partial charge in [-0.25, -0.2) is 8.78 Å². The molecule has 2 heteroatoms. The zero-order valence-corrected chi connectivity index (χ0v) is 10.4. The van der Waals surface area contributed by atoms with E-state index in [-0.39, 0.29) is 11.6 Å². The lowest BCUT2D eigenvalue weighted by molar-refractivity contribution is 0.611. The Morgan fingerprint density at radius 2 is 1.61 bits per heavy atom. The first-order valence-corrected chi connectivity index (χ1v) is 6.21. The molecule has 0 N–H and O–H groups in total. The summed E-state index contributed by atoms with van der Waals surface area (Å²) < 4.78 is 26.4. The van der Waals surface area contributed by atoms with E-state index in [2.05, 4.69) is 0 Å². The van der Waals surface area contributed by atoms with Crippen LogP contribution in [0.4, 0.5) is 8.78 Å². The van der Waals surface area contributed by atoms with Gasteiger partial charge in [0.1, 0.15) is 11.6 Å². The number of benzene rings is 2. The number of halogens is 2. The molecule has 2 aromatic carbocycles. The Labute approximate surface area is 106 Å². The fourth-order valence-corrected chi connectivity index (χ4v) is 2.04. The van der Waals surface area contributed by atoms with Crippen LogP contribution in [0.1, 0.15) is 23.6 Å². The van der Waals surface area contributed by atoms with Crippen molar-refractivity contribution in [1.29, 1.82) is 0 Å². The summed E-state index contributed by atoms with van der Waals surface area (Å²) in [6.07, 6.45) is 2.27. The maximum absolute atomic E-state index is 13.3. The molecular weight excluding hydrogens is 230 g/mol. The van der Waals surface area contributed by atoms with Gasteiger partial charge in [0.25, 0.3) is 0 Å². The molecule has 0 unspecified atom stereocenters. The molecule has 0 saturated carbocycles. The van der Waals surface area contributed by atoms with E-state index in [1.54, 1.807) is 18.2 Å². The number of aryl methyl sites for hydroxylation is 3. The van der Waals surface area contributed by atoms with Gasteiger partial charge in [-0.15, -0.1) is 0 Å². The van der Waals surface area contributed by atoms with Crippen molar-refractivity contribution in [2.24, 2.45) is 0 Å². The van der Waals surface area contributed by atoms with Gasteiger partial charge in [-0.05, 0) is 54.2 Å². The SMILES string of the molecule is CCc1cc(CCc2cccc(F)c2)ccc1F. The highest BCUT2D eigenvalue weighted by molar-refractivity contribution is 5.26. The van der Waals surface area contributed by atoms with Crippen LogP contribution in [0.15, 0.2) is 42.5 Å². The van der Waals surface area contributed by atoms with E-state index < -0.39 is 0 Å². The van der Waals surface area contributed by atoms with Crippen molar-refractivity contribution < 1.29 is 8.78 Å². The van der Waals surface area contributed by atoms with E-state index in [0.29, 0.717) is 6.42 Å². The van der Waals surface area contributed by atoms with Crippen molar-refractivity contribution in [3.63, 3.8) is 0 Å². The Morgan fingerprint density at radius 1 is 0.889 bits per heavy atom. The van der Waals surface area contributed by atoms with Crippen molar-refractivity contribution >= 4 is 0 Å². The molecule has 0 bridgehead atoms. The minimum atomic E-state index is -0.208. The molecule has 0 radical (unpaired) electrons. The van der Waals surface area contributed by atoms with Crippen LogP contribution in [0, 0.1) is 11.6 Å². The molecule has 0 heterocycles. The maximum Gasteiger partial charge on any atom is 0.126 e. The van der Waals surface area contributed by atoms with E-state index in [0.717, 1.165) is 29.5 Å². The predicted molar refractivity (Wildman–Crippen MR) is 69.6 cm³/mol. The third-order valence-corrected chi connectivity index (χ3v) is 3.08. The summed E-state index contributed by atoms with van der Waals surface area (Å²) in [5.41, 5.74) is 2.81. The Balaban J connectivity index is 2.06. The van der Waals surface area contributed by atoms with Gasteiger partial charge in [-0.1, -0.05) is 31.2 Å². The topological polar surface area (TPSA) is 0 Å². The Kier molecular flexibility index (Phi) is 4.08. The zero-order chi connectivity index (χ0) is 13.0. The second kappa shape index (κ2) is 5.76. The molecule has 0 nitrogen and oxygen atoms in total. The van der Waals surface area contributed by atoms with Crippen LogP contribution >= 0.6 is 0 Å². The van der Waals surface area contributed by atoms with Gasteiger partial charge in [0.2, 0.25) is 0 Å². The summed E-state index contributed by atoms with van der Waals surface area (Å²) >= 11 is 0. The molecule has 0 fully saturated rings. The fourth-order valence-electron chi connectivity index (χ4n) is 2.04. The van der Waals surface area contributed by atoms with Crippen LogP contribution in [0.3, 0.4) is 0 Å². The lowest BCUT2D eigenvalue weighted by Crippen LogP contribution is -1.95. The predicted octanol–water partition coefficient (Wildman–Crippen LogP) is 4.31. The van der Waals surface area contributed by atoms with E-state index in [1.807, 2.05) is 19.1 Å². The first-order valence-electron chi connectivity index (χ1n) is 6.21. The van der Waals surface area contributed by atoms with Crippen LogP contribution in [0.25, 0.3) is 0 Å². The lowest BCUT2D eigenvalue weighted by atomic mass is 10.0. The summed E-state index contributed by atoms with van der Waals surface area (Å²) in [5.74, 6) is -0.354. The van der Waals surface area contributed by atoms with Crippen LogP contribution in [0.5, 0.6) is 0 Å². The molecule has 94 valence electrons. The fraction of sp³-hybridized carbons (Fsp3) is 0.250. The molecule has 0 spiro atoms. The van der Waals surface area contributed by atoms with Crippen molar-refractivity contribution in [2.75, 3.05) is 0 Å². The average molecular weight is 246 g/mol. The van der Waals surface area contributed by atoms with Gasteiger partial charge < -0.3 is 0 Å². The van der Waals surface area contributed by atoms with Gasteiger partial charge in [0, 0.05) is 0 Å². The summed E-state index contributed by atoms with van der Waals surface area (Å²) in [4.78, 5) is 0. The highest BCUT2D eigenvalue weighted by Gasteiger charge is 2.02. The molecule has 0 atom stereocenters. The zero-order valence-electron chi connectivity index (χ0n) is 10.4. The van der Waals surface area contributed by atoms with Crippen LogP contribution in [-0.2, 0) is 19.3 Å². The smallest absolute Gasteiger partial charge is 0.126 e. The summed E-state index contributed by atoms with van der Waals surface area (Å²) in [6.45, 7) is 1.94.